The number of rotatable bonds is 2. The summed E-state index contributed by atoms with van der Waals surface area (Å²) in [7, 11) is 0. The number of halogens is 9. The summed E-state index contributed by atoms with van der Waals surface area (Å²) >= 11 is 1.16. The van der Waals surface area contributed by atoms with Gasteiger partial charge in [-0.1, -0.05) is 22.0 Å². The van der Waals surface area contributed by atoms with E-state index in [4.69, 9.17) is 0 Å². The number of aromatic nitrogens is 1. The molecule has 0 spiro atoms. The third-order valence-corrected chi connectivity index (χ3v) is 3.61. The Kier molecular flexibility index (Phi) is 3.88. The van der Waals surface area contributed by atoms with Crippen LogP contribution in [-0.2, 0) is 6.05 Å². The fraction of sp³-hybridized carbons (Fsp3) is 0.444. The van der Waals surface area contributed by atoms with Gasteiger partial charge in [0.1, 0.15) is 0 Å². The van der Waals surface area contributed by atoms with E-state index in [1.807, 2.05) is 0 Å². The molecule has 0 aliphatic heterocycles. The second-order valence-electron chi connectivity index (χ2n) is 3.48. The Morgan fingerprint density at radius 3 is 1.37 bits per heavy atom. The van der Waals surface area contributed by atoms with Crippen LogP contribution in [0.5, 0.6) is 0 Å². The molecule has 0 saturated heterocycles. The van der Waals surface area contributed by atoms with Crippen molar-refractivity contribution in [3.8, 4) is 0 Å². The first-order valence-electron chi connectivity index (χ1n) is 4.52. The standard InChI is InChI=1S/C9H5BrF8N/c10-6(7(11,12)13,8(14,15)16)9(17,18)19-4-2-1-3-5-19/h1-5H/q+1. The van der Waals surface area contributed by atoms with E-state index in [0.717, 1.165) is 28.1 Å². The molecule has 0 unspecified atom stereocenters. The Balaban J connectivity index is 3.51. The van der Waals surface area contributed by atoms with Crippen molar-refractivity contribution in [2.45, 2.75) is 22.7 Å². The van der Waals surface area contributed by atoms with Crippen molar-refractivity contribution in [1.29, 1.82) is 0 Å². The van der Waals surface area contributed by atoms with Gasteiger partial charge in [-0.25, -0.2) is 0 Å². The summed E-state index contributed by atoms with van der Waals surface area (Å²) in [4.78, 5) is 0. The highest BCUT2D eigenvalue weighted by molar-refractivity contribution is 9.10. The molecule has 0 radical (unpaired) electrons. The van der Waals surface area contributed by atoms with E-state index in [0.29, 0.717) is 12.4 Å². The zero-order valence-electron chi connectivity index (χ0n) is 8.74. The molecule has 0 aromatic carbocycles. The van der Waals surface area contributed by atoms with E-state index in [-0.39, 0.29) is 0 Å². The second kappa shape index (κ2) is 4.57. The van der Waals surface area contributed by atoms with E-state index in [9.17, 15) is 35.1 Å². The Morgan fingerprint density at radius 2 is 1.05 bits per heavy atom. The maximum Gasteiger partial charge on any atom is 0.495 e. The van der Waals surface area contributed by atoms with Gasteiger partial charge in [-0.15, -0.1) is 13.3 Å². The summed E-state index contributed by atoms with van der Waals surface area (Å²) in [5.41, 5.74) is 0. The summed E-state index contributed by atoms with van der Waals surface area (Å²) in [5, 5.41) is 0. The Labute approximate surface area is 110 Å². The van der Waals surface area contributed by atoms with Gasteiger partial charge in [-0.2, -0.15) is 26.3 Å². The lowest BCUT2D eigenvalue weighted by Crippen LogP contribution is -2.71. The maximum atomic E-state index is 13.7. The molecule has 108 valence electrons. The first-order chi connectivity index (χ1) is 8.36. The SMILES string of the molecule is FC(F)(F)C(Br)(C(F)(F)F)C(F)(F)[n+]1ccccc1. The molecule has 0 aliphatic rings. The van der Waals surface area contributed by atoms with Crippen molar-refractivity contribution >= 4 is 15.9 Å². The highest BCUT2D eigenvalue weighted by Crippen LogP contribution is 2.57. The number of pyridine rings is 1. The first kappa shape index (κ1) is 16.1. The average Bonchev–Trinajstić information content (AvgIpc) is 2.26. The van der Waals surface area contributed by atoms with E-state index >= 15 is 0 Å². The number of hydrogen-bond acceptors (Lipinski definition) is 0. The third kappa shape index (κ3) is 2.41. The molecular formula is C9H5BrF8N+. The quantitative estimate of drug-likeness (QED) is 0.430. The van der Waals surface area contributed by atoms with Gasteiger partial charge in [-0.05, 0) is 0 Å². The molecule has 1 rings (SSSR count). The molecule has 19 heavy (non-hydrogen) atoms. The van der Waals surface area contributed by atoms with Crippen molar-refractivity contribution < 1.29 is 39.7 Å². The highest BCUT2D eigenvalue weighted by Gasteiger charge is 2.86. The number of hydrogen-bond donors (Lipinski definition) is 0. The van der Waals surface area contributed by atoms with Gasteiger partial charge in [0.25, 0.3) is 0 Å². The molecule has 0 amide bonds. The van der Waals surface area contributed by atoms with Crippen LogP contribution < -0.4 is 4.57 Å². The second-order valence-corrected chi connectivity index (χ2v) is 4.67. The molecule has 0 fully saturated rings. The van der Waals surface area contributed by atoms with Crippen LogP contribution in [0.3, 0.4) is 0 Å². The summed E-state index contributed by atoms with van der Waals surface area (Å²) in [6.07, 6.45) is -11.7. The first-order valence-corrected chi connectivity index (χ1v) is 5.32. The van der Waals surface area contributed by atoms with Gasteiger partial charge in [-0.3, -0.25) is 0 Å². The van der Waals surface area contributed by atoms with Gasteiger partial charge in [0.2, 0.25) is 0 Å². The van der Waals surface area contributed by atoms with E-state index < -0.39 is 27.3 Å². The Morgan fingerprint density at radius 1 is 0.684 bits per heavy atom. The summed E-state index contributed by atoms with van der Waals surface area (Å²) in [6, 6.07) is -2.36. The van der Waals surface area contributed by atoms with Crippen molar-refractivity contribution in [3.05, 3.63) is 30.6 Å². The lowest BCUT2D eigenvalue weighted by Gasteiger charge is -2.33. The fourth-order valence-electron chi connectivity index (χ4n) is 1.27. The fourth-order valence-corrected chi connectivity index (χ4v) is 1.47. The van der Waals surface area contributed by atoms with Crippen molar-refractivity contribution in [2.75, 3.05) is 0 Å². The normalized spacial score (nSPS) is 14.6. The van der Waals surface area contributed by atoms with Gasteiger partial charge >= 0.3 is 22.7 Å². The minimum Gasteiger partial charge on any atom is -0.168 e. The molecular weight excluding hydrogens is 354 g/mol. The largest absolute Gasteiger partial charge is 0.495 e. The van der Waals surface area contributed by atoms with Crippen LogP contribution in [-0.4, -0.2) is 16.7 Å². The van der Waals surface area contributed by atoms with Crippen LogP contribution >= 0.6 is 15.9 Å². The molecule has 0 N–H and O–H groups in total. The predicted molar refractivity (Wildman–Crippen MR) is 50.6 cm³/mol. The van der Waals surface area contributed by atoms with Crippen LogP contribution in [0.25, 0.3) is 0 Å². The molecule has 0 bridgehead atoms. The number of nitrogens with zero attached hydrogens (tertiary/aromatic N) is 1. The van der Waals surface area contributed by atoms with Crippen molar-refractivity contribution in [1.82, 2.24) is 0 Å². The lowest BCUT2D eigenvalue weighted by molar-refractivity contribution is -0.836. The van der Waals surface area contributed by atoms with Crippen LogP contribution in [0.4, 0.5) is 35.1 Å². The molecule has 1 aromatic heterocycles. The summed E-state index contributed by atoms with van der Waals surface area (Å²) in [5.74, 6) is 0. The molecule has 1 aromatic rings. The van der Waals surface area contributed by atoms with Crippen LogP contribution in [0.15, 0.2) is 30.6 Å². The average molecular weight is 359 g/mol. The number of alkyl halides is 9. The molecule has 0 saturated carbocycles. The molecule has 0 aliphatic carbocycles. The van der Waals surface area contributed by atoms with Gasteiger partial charge in [0, 0.05) is 12.1 Å². The lowest BCUT2D eigenvalue weighted by atomic mass is 10.1. The summed E-state index contributed by atoms with van der Waals surface area (Å²) < 4.78 is 96.6. The maximum absolute atomic E-state index is 13.7. The minimum atomic E-state index is -6.25. The monoisotopic (exact) mass is 358 g/mol. The third-order valence-electron chi connectivity index (χ3n) is 2.24. The highest BCUT2D eigenvalue weighted by atomic mass is 79.9. The van der Waals surface area contributed by atoms with Crippen molar-refractivity contribution in [2.24, 2.45) is 0 Å². The van der Waals surface area contributed by atoms with Crippen LogP contribution in [0.2, 0.25) is 0 Å². The van der Waals surface area contributed by atoms with Crippen LogP contribution in [0.1, 0.15) is 0 Å². The Hall–Kier alpha value is -0.930. The van der Waals surface area contributed by atoms with Crippen LogP contribution in [0, 0.1) is 0 Å². The molecule has 0 atom stereocenters. The van der Waals surface area contributed by atoms with E-state index in [1.165, 1.54) is 6.07 Å². The molecule has 10 heteroatoms. The molecule has 1 nitrogen and oxygen atoms in total. The predicted octanol–water partition coefficient (Wildman–Crippen LogP) is 3.78. The summed E-state index contributed by atoms with van der Waals surface area (Å²) in [6.45, 7) is 0. The zero-order chi connectivity index (χ0) is 15.1. The topological polar surface area (TPSA) is 3.88 Å². The zero-order valence-corrected chi connectivity index (χ0v) is 10.3. The van der Waals surface area contributed by atoms with E-state index in [2.05, 4.69) is 0 Å². The van der Waals surface area contributed by atoms with E-state index in [1.54, 1.807) is 0 Å². The smallest absolute Gasteiger partial charge is 0.168 e. The minimum absolute atomic E-state index is 0.410. The van der Waals surface area contributed by atoms with Gasteiger partial charge in [0.15, 0.2) is 12.4 Å². The molecule has 1 heterocycles. The van der Waals surface area contributed by atoms with Gasteiger partial charge < -0.3 is 0 Å². The Bertz CT molecular complexity index is 424. The van der Waals surface area contributed by atoms with Crippen molar-refractivity contribution in [3.63, 3.8) is 0 Å². The van der Waals surface area contributed by atoms with Gasteiger partial charge in [0.05, 0.1) is 0 Å².